The van der Waals surface area contributed by atoms with Gasteiger partial charge in [-0.1, -0.05) is 31.4 Å². The molecule has 1 aromatic rings. The Hall–Kier alpha value is -1.29. The van der Waals surface area contributed by atoms with Crippen LogP contribution >= 0.6 is 12.2 Å². The van der Waals surface area contributed by atoms with E-state index in [4.69, 9.17) is 18.0 Å². The van der Waals surface area contributed by atoms with Gasteiger partial charge in [0, 0.05) is 6.04 Å². The average molecular weight is 249 g/mol. The molecule has 4 N–H and O–H groups in total. The van der Waals surface area contributed by atoms with Crippen LogP contribution in [0.15, 0.2) is 24.3 Å². The number of nitrogen functional groups attached to an aromatic ring is 1. The topological polar surface area (TPSA) is 50.1 Å². The zero-order chi connectivity index (χ0) is 12.1. The maximum atomic E-state index is 5.85. The SMILES string of the molecule is Nc1ccccc1NC(=S)NC1CCCCC1. The van der Waals surface area contributed by atoms with Crippen molar-refractivity contribution in [1.82, 2.24) is 5.32 Å². The van der Waals surface area contributed by atoms with Gasteiger partial charge in [0.2, 0.25) is 0 Å². The molecule has 1 saturated carbocycles. The molecule has 92 valence electrons. The van der Waals surface area contributed by atoms with Crippen molar-refractivity contribution in [3.63, 3.8) is 0 Å². The predicted molar refractivity (Wildman–Crippen MR) is 77.1 cm³/mol. The highest BCUT2D eigenvalue weighted by molar-refractivity contribution is 7.80. The van der Waals surface area contributed by atoms with Crippen molar-refractivity contribution in [3.8, 4) is 0 Å². The first-order valence-corrected chi connectivity index (χ1v) is 6.58. The van der Waals surface area contributed by atoms with Gasteiger partial charge < -0.3 is 16.4 Å². The Labute approximate surface area is 108 Å². The van der Waals surface area contributed by atoms with Gasteiger partial charge in [0.25, 0.3) is 0 Å². The van der Waals surface area contributed by atoms with Gasteiger partial charge in [0.1, 0.15) is 0 Å². The lowest BCUT2D eigenvalue weighted by Gasteiger charge is -2.24. The van der Waals surface area contributed by atoms with Crippen LogP contribution < -0.4 is 16.4 Å². The van der Waals surface area contributed by atoms with Crippen molar-refractivity contribution in [2.24, 2.45) is 0 Å². The molecule has 0 radical (unpaired) electrons. The van der Waals surface area contributed by atoms with Crippen LogP contribution in [0.2, 0.25) is 0 Å². The van der Waals surface area contributed by atoms with Gasteiger partial charge in [-0.2, -0.15) is 0 Å². The first kappa shape index (κ1) is 12.2. The van der Waals surface area contributed by atoms with Crippen molar-refractivity contribution in [3.05, 3.63) is 24.3 Å². The molecule has 0 heterocycles. The zero-order valence-corrected chi connectivity index (χ0v) is 10.7. The fourth-order valence-corrected chi connectivity index (χ4v) is 2.48. The normalized spacial score (nSPS) is 16.5. The average Bonchev–Trinajstić information content (AvgIpc) is 2.33. The van der Waals surface area contributed by atoms with Crippen LogP contribution in [0.1, 0.15) is 32.1 Å². The minimum absolute atomic E-state index is 0.522. The number of anilines is 2. The number of thiocarbonyl (C=S) groups is 1. The Morgan fingerprint density at radius 3 is 2.59 bits per heavy atom. The van der Waals surface area contributed by atoms with Crippen LogP contribution in [0, 0.1) is 0 Å². The molecule has 0 aromatic heterocycles. The highest BCUT2D eigenvalue weighted by atomic mass is 32.1. The molecule has 0 bridgehead atoms. The van der Waals surface area contributed by atoms with Crippen molar-refractivity contribution >= 4 is 28.7 Å². The minimum Gasteiger partial charge on any atom is -0.397 e. The minimum atomic E-state index is 0.522. The van der Waals surface area contributed by atoms with Crippen LogP contribution in [0.3, 0.4) is 0 Å². The maximum Gasteiger partial charge on any atom is 0.171 e. The van der Waals surface area contributed by atoms with Gasteiger partial charge in [0.15, 0.2) is 5.11 Å². The summed E-state index contributed by atoms with van der Waals surface area (Å²) in [5.41, 5.74) is 7.45. The third-order valence-electron chi connectivity index (χ3n) is 3.15. The molecule has 0 amide bonds. The van der Waals surface area contributed by atoms with E-state index in [0.29, 0.717) is 11.2 Å². The third kappa shape index (κ3) is 3.60. The third-order valence-corrected chi connectivity index (χ3v) is 3.37. The summed E-state index contributed by atoms with van der Waals surface area (Å²) < 4.78 is 0. The lowest BCUT2D eigenvalue weighted by Crippen LogP contribution is -2.38. The van der Waals surface area contributed by atoms with E-state index in [1.165, 1.54) is 32.1 Å². The maximum absolute atomic E-state index is 5.85. The van der Waals surface area contributed by atoms with Gasteiger partial charge in [0.05, 0.1) is 11.4 Å². The van der Waals surface area contributed by atoms with E-state index in [-0.39, 0.29) is 0 Å². The van der Waals surface area contributed by atoms with Crippen molar-refractivity contribution in [2.45, 2.75) is 38.1 Å². The highest BCUT2D eigenvalue weighted by Crippen LogP contribution is 2.19. The number of nitrogens with one attached hydrogen (secondary N) is 2. The molecule has 1 aliphatic rings. The van der Waals surface area contributed by atoms with E-state index in [1.54, 1.807) is 0 Å². The molecule has 0 saturated heterocycles. The zero-order valence-electron chi connectivity index (χ0n) is 9.91. The Balaban J connectivity index is 1.86. The molecular weight excluding hydrogens is 230 g/mol. The number of rotatable bonds is 2. The van der Waals surface area contributed by atoms with Crippen LogP contribution in [0.5, 0.6) is 0 Å². The van der Waals surface area contributed by atoms with E-state index >= 15 is 0 Å². The summed E-state index contributed by atoms with van der Waals surface area (Å²) in [5, 5.41) is 7.19. The van der Waals surface area contributed by atoms with Gasteiger partial charge in [-0.25, -0.2) is 0 Å². The summed E-state index contributed by atoms with van der Waals surface area (Å²) in [6, 6.07) is 8.18. The number of para-hydroxylation sites is 2. The second kappa shape index (κ2) is 5.87. The summed E-state index contributed by atoms with van der Waals surface area (Å²) in [4.78, 5) is 0. The molecule has 0 aliphatic heterocycles. The number of hydrogen-bond acceptors (Lipinski definition) is 2. The summed E-state index contributed by atoms with van der Waals surface area (Å²) in [5.74, 6) is 0. The fourth-order valence-electron chi connectivity index (χ4n) is 2.20. The molecule has 1 fully saturated rings. The quantitative estimate of drug-likeness (QED) is 0.557. The number of hydrogen-bond donors (Lipinski definition) is 3. The van der Waals surface area contributed by atoms with E-state index in [2.05, 4.69) is 10.6 Å². The number of nitrogens with two attached hydrogens (primary N) is 1. The summed E-state index contributed by atoms with van der Waals surface area (Å²) in [6.45, 7) is 0. The van der Waals surface area contributed by atoms with Gasteiger partial charge in [-0.15, -0.1) is 0 Å². The van der Waals surface area contributed by atoms with Gasteiger partial charge >= 0.3 is 0 Å². The molecule has 0 spiro atoms. The van der Waals surface area contributed by atoms with E-state index in [1.807, 2.05) is 24.3 Å². The first-order valence-electron chi connectivity index (χ1n) is 6.18. The lowest BCUT2D eigenvalue weighted by molar-refractivity contribution is 0.415. The molecule has 1 aliphatic carbocycles. The Morgan fingerprint density at radius 2 is 1.88 bits per heavy atom. The smallest absolute Gasteiger partial charge is 0.171 e. The predicted octanol–water partition coefficient (Wildman–Crippen LogP) is 2.89. The van der Waals surface area contributed by atoms with Crippen LogP contribution in [0.25, 0.3) is 0 Å². The van der Waals surface area contributed by atoms with Crippen LogP contribution in [-0.2, 0) is 0 Å². The van der Waals surface area contributed by atoms with Crippen LogP contribution in [-0.4, -0.2) is 11.2 Å². The molecule has 4 heteroatoms. The van der Waals surface area contributed by atoms with Crippen LogP contribution in [0.4, 0.5) is 11.4 Å². The second-order valence-electron chi connectivity index (χ2n) is 4.52. The Kier molecular flexibility index (Phi) is 4.20. The van der Waals surface area contributed by atoms with Crippen molar-refractivity contribution in [1.29, 1.82) is 0 Å². The van der Waals surface area contributed by atoms with Gasteiger partial charge in [-0.3, -0.25) is 0 Å². The van der Waals surface area contributed by atoms with Crippen molar-refractivity contribution < 1.29 is 0 Å². The van der Waals surface area contributed by atoms with E-state index in [0.717, 1.165) is 11.4 Å². The fraction of sp³-hybridized carbons (Fsp3) is 0.462. The van der Waals surface area contributed by atoms with Crippen molar-refractivity contribution in [2.75, 3.05) is 11.1 Å². The molecule has 0 unspecified atom stereocenters. The Bertz CT molecular complexity index is 386. The van der Waals surface area contributed by atoms with Gasteiger partial charge in [-0.05, 0) is 37.2 Å². The molecule has 17 heavy (non-hydrogen) atoms. The molecular formula is C13H19N3S. The first-order chi connectivity index (χ1) is 8.25. The largest absolute Gasteiger partial charge is 0.397 e. The molecule has 1 aromatic carbocycles. The molecule has 0 atom stereocenters. The monoisotopic (exact) mass is 249 g/mol. The lowest BCUT2D eigenvalue weighted by atomic mass is 9.96. The summed E-state index contributed by atoms with van der Waals surface area (Å²) >= 11 is 5.30. The summed E-state index contributed by atoms with van der Waals surface area (Å²) in [7, 11) is 0. The molecule has 3 nitrogen and oxygen atoms in total. The Morgan fingerprint density at radius 1 is 1.18 bits per heavy atom. The summed E-state index contributed by atoms with van der Waals surface area (Å²) in [6.07, 6.45) is 6.38. The molecule has 2 rings (SSSR count). The standard InChI is InChI=1S/C13H19N3S/c14-11-8-4-5-9-12(11)16-13(17)15-10-6-2-1-3-7-10/h4-5,8-10H,1-3,6-7,14H2,(H2,15,16,17). The second-order valence-corrected chi connectivity index (χ2v) is 4.93. The van der Waals surface area contributed by atoms with E-state index in [9.17, 15) is 0 Å². The van der Waals surface area contributed by atoms with E-state index < -0.39 is 0 Å². The highest BCUT2D eigenvalue weighted by Gasteiger charge is 2.14. The number of benzene rings is 1.